The van der Waals surface area contributed by atoms with Crippen LogP contribution in [0.5, 0.6) is 0 Å². The minimum Gasteiger partial charge on any atom is -0.461 e. The molecule has 0 aliphatic carbocycles. The molecule has 0 saturated carbocycles. The highest BCUT2D eigenvalue weighted by Gasteiger charge is 2.08. The van der Waals surface area contributed by atoms with Gasteiger partial charge in [0, 0.05) is 13.8 Å². The molecule has 0 radical (unpaired) electrons. The molecule has 0 aliphatic rings. The summed E-state index contributed by atoms with van der Waals surface area (Å²) >= 11 is 0. The molecule has 21 heavy (non-hydrogen) atoms. The van der Waals surface area contributed by atoms with E-state index in [-0.39, 0.29) is 25.2 Å². The number of hydrogen-bond donors (Lipinski definition) is 0. The van der Waals surface area contributed by atoms with Crippen molar-refractivity contribution in [3.05, 3.63) is 53.1 Å². The van der Waals surface area contributed by atoms with Crippen LogP contribution in [0, 0.1) is 6.92 Å². The molecule has 0 heterocycles. The van der Waals surface area contributed by atoms with Crippen molar-refractivity contribution in [3.8, 4) is 0 Å². The number of aryl methyl sites for hydroxylation is 1. The van der Waals surface area contributed by atoms with Gasteiger partial charge in [0.2, 0.25) is 0 Å². The highest BCUT2D eigenvalue weighted by molar-refractivity contribution is 5.68. The number of ether oxygens (including phenoxy) is 2. The minimum absolute atomic E-state index is 0.0777. The first-order chi connectivity index (χ1) is 9.90. The number of hydrogen-bond acceptors (Lipinski definition) is 4. The van der Waals surface area contributed by atoms with Gasteiger partial charge in [0.1, 0.15) is 13.2 Å². The highest BCUT2D eigenvalue weighted by atomic mass is 16.5. The molecular formula is C17H20O4. The predicted octanol–water partition coefficient (Wildman–Crippen LogP) is 3.06. The second kappa shape index (κ2) is 8.04. The van der Waals surface area contributed by atoms with E-state index in [2.05, 4.69) is 6.58 Å². The second-order valence-electron chi connectivity index (χ2n) is 4.69. The van der Waals surface area contributed by atoms with Crippen molar-refractivity contribution >= 4 is 18.0 Å². The van der Waals surface area contributed by atoms with Crippen molar-refractivity contribution in [2.75, 3.05) is 13.2 Å². The van der Waals surface area contributed by atoms with Gasteiger partial charge in [-0.3, -0.25) is 9.59 Å². The molecular weight excluding hydrogens is 268 g/mol. The molecule has 1 aromatic rings. The zero-order valence-corrected chi connectivity index (χ0v) is 12.6. The molecule has 0 unspecified atom stereocenters. The Morgan fingerprint density at radius 1 is 1.10 bits per heavy atom. The number of rotatable bonds is 6. The van der Waals surface area contributed by atoms with Crippen molar-refractivity contribution in [2.45, 2.75) is 20.8 Å². The van der Waals surface area contributed by atoms with E-state index in [1.54, 1.807) is 0 Å². The Labute approximate surface area is 125 Å². The van der Waals surface area contributed by atoms with Crippen molar-refractivity contribution in [1.29, 1.82) is 0 Å². The summed E-state index contributed by atoms with van der Waals surface area (Å²) in [5.41, 5.74) is 3.43. The maximum atomic E-state index is 11.0. The summed E-state index contributed by atoms with van der Waals surface area (Å²) < 4.78 is 9.98. The molecule has 0 saturated heterocycles. The lowest BCUT2D eigenvalue weighted by Gasteiger charge is -2.12. The lowest BCUT2D eigenvalue weighted by atomic mass is 10.0. The number of carbonyl (C=O) groups excluding carboxylic acids is 2. The molecule has 0 spiro atoms. The van der Waals surface area contributed by atoms with Crippen LogP contribution >= 0.6 is 0 Å². The van der Waals surface area contributed by atoms with Gasteiger partial charge in [-0.1, -0.05) is 30.8 Å². The number of carbonyl (C=O) groups is 2. The Balaban J connectivity index is 2.95. The first-order valence-corrected chi connectivity index (χ1v) is 6.61. The standard InChI is InChI=1S/C17H20O4/c1-12-7-5-6-8-16(12)9-17(11-21-15(4)19)13(2)10-20-14(3)18/h5-9H,2,10-11H2,1,3-4H3/b17-9-. The Kier molecular flexibility index (Phi) is 6.40. The molecule has 1 aromatic carbocycles. The molecule has 4 heteroatoms. The molecule has 0 atom stereocenters. The van der Waals surface area contributed by atoms with Crippen LogP contribution in [-0.2, 0) is 19.1 Å². The van der Waals surface area contributed by atoms with Gasteiger partial charge in [-0.15, -0.1) is 0 Å². The Morgan fingerprint density at radius 2 is 1.67 bits per heavy atom. The Bertz CT molecular complexity index is 570. The van der Waals surface area contributed by atoms with Gasteiger partial charge in [-0.25, -0.2) is 0 Å². The average Bonchev–Trinajstić information content (AvgIpc) is 2.42. The largest absolute Gasteiger partial charge is 0.461 e. The lowest BCUT2D eigenvalue weighted by molar-refractivity contribution is -0.141. The minimum atomic E-state index is -0.376. The third-order valence-electron chi connectivity index (χ3n) is 2.85. The molecule has 4 nitrogen and oxygen atoms in total. The van der Waals surface area contributed by atoms with Gasteiger partial charge in [-0.2, -0.15) is 0 Å². The van der Waals surface area contributed by atoms with Crippen LogP contribution in [0.25, 0.3) is 6.08 Å². The molecule has 0 bridgehead atoms. The smallest absolute Gasteiger partial charge is 0.302 e. The zero-order chi connectivity index (χ0) is 15.8. The van der Waals surface area contributed by atoms with E-state index in [4.69, 9.17) is 9.47 Å². The third-order valence-corrected chi connectivity index (χ3v) is 2.85. The zero-order valence-electron chi connectivity index (χ0n) is 12.6. The van der Waals surface area contributed by atoms with Crippen molar-refractivity contribution in [3.63, 3.8) is 0 Å². The summed E-state index contributed by atoms with van der Waals surface area (Å²) in [6, 6.07) is 7.83. The predicted molar refractivity (Wildman–Crippen MR) is 81.6 cm³/mol. The normalized spacial score (nSPS) is 10.9. The third kappa shape index (κ3) is 6.08. The first kappa shape index (κ1) is 16.7. The lowest BCUT2D eigenvalue weighted by Crippen LogP contribution is -2.10. The molecule has 0 N–H and O–H groups in total. The van der Waals surface area contributed by atoms with E-state index in [0.717, 1.165) is 16.7 Å². The van der Waals surface area contributed by atoms with Gasteiger partial charge < -0.3 is 9.47 Å². The van der Waals surface area contributed by atoms with Crippen LogP contribution < -0.4 is 0 Å². The fraction of sp³-hybridized carbons (Fsp3) is 0.294. The second-order valence-corrected chi connectivity index (χ2v) is 4.69. The number of esters is 2. The molecule has 112 valence electrons. The Morgan fingerprint density at radius 3 is 2.24 bits per heavy atom. The van der Waals surface area contributed by atoms with Crippen LogP contribution in [0.4, 0.5) is 0 Å². The molecule has 0 aromatic heterocycles. The number of benzene rings is 1. The van der Waals surface area contributed by atoms with E-state index < -0.39 is 0 Å². The summed E-state index contributed by atoms with van der Waals surface area (Å²) in [6.45, 7) is 8.75. The van der Waals surface area contributed by atoms with Gasteiger partial charge in [0.15, 0.2) is 0 Å². The van der Waals surface area contributed by atoms with Gasteiger partial charge >= 0.3 is 11.9 Å². The van der Waals surface area contributed by atoms with Gasteiger partial charge in [-0.05, 0) is 35.3 Å². The SMILES string of the molecule is C=C(COC(C)=O)/C(=C\c1ccccc1C)COC(C)=O. The summed E-state index contributed by atoms with van der Waals surface area (Å²) in [4.78, 5) is 21.9. The van der Waals surface area contributed by atoms with Crippen molar-refractivity contribution in [2.24, 2.45) is 0 Å². The maximum absolute atomic E-state index is 11.0. The summed E-state index contributed by atoms with van der Waals surface area (Å²) in [5, 5.41) is 0. The highest BCUT2D eigenvalue weighted by Crippen LogP contribution is 2.17. The first-order valence-electron chi connectivity index (χ1n) is 6.61. The molecule has 0 fully saturated rings. The van der Waals surface area contributed by atoms with E-state index in [0.29, 0.717) is 5.57 Å². The van der Waals surface area contributed by atoms with E-state index >= 15 is 0 Å². The van der Waals surface area contributed by atoms with Crippen LogP contribution in [0.2, 0.25) is 0 Å². The van der Waals surface area contributed by atoms with E-state index in [1.807, 2.05) is 37.3 Å². The van der Waals surface area contributed by atoms with Gasteiger partial charge in [0.05, 0.1) is 0 Å². The van der Waals surface area contributed by atoms with Crippen LogP contribution in [-0.4, -0.2) is 25.2 Å². The van der Waals surface area contributed by atoms with E-state index in [9.17, 15) is 9.59 Å². The van der Waals surface area contributed by atoms with Crippen LogP contribution in [0.1, 0.15) is 25.0 Å². The summed E-state index contributed by atoms with van der Waals surface area (Å²) in [5.74, 6) is -0.746. The molecule has 0 amide bonds. The van der Waals surface area contributed by atoms with Crippen LogP contribution in [0.3, 0.4) is 0 Å². The fourth-order valence-corrected chi connectivity index (χ4v) is 1.64. The van der Waals surface area contributed by atoms with E-state index in [1.165, 1.54) is 13.8 Å². The monoisotopic (exact) mass is 288 g/mol. The average molecular weight is 288 g/mol. The maximum Gasteiger partial charge on any atom is 0.302 e. The van der Waals surface area contributed by atoms with Crippen molar-refractivity contribution < 1.29 is 19.1 Å². The van der Waals surface area contributed by atoms with Crippen LogP contribution in [0.15, 0.2) is 42.0 Å². The fourth-order valence-electron chi connectivity index (χ4n) is 1.64. The summed E-state index contributed by atoms with van der Waals surface area (Å²) in [7, 11) is 0. The van der Waals surface area contributed by atoms with Crippen molar-refractivity contribution in [1.82, 2.24) is 0 Å². The quantitative estimate of drug-likeness (QED) is 0.596. The molecule has 0 aliphatic heterocycles. The summed E-state index contributed by atoms with van der Waals surface area (Å²) in [6.07, 6.45) is 1.89. The molecule has 1 rings (SSSR count). The Hall–Kier alpha value is -2.36. The topological polar surface area (TPSA) is 52.6 Å². The van der Waals surface area contributed by atoms with Gasteiger partial charge in [0.25, 0.3) is 0 Å².